The lowest BCUT2D eigenvalue weighted by Gasteiger charge is -2.10. The lowest BCUT2D eigenvalue weighted by atomic mass is 10.0. The summed E-state index contributed by atoms with van der Waals surface area (Å²) in [6.07, 6.45) is -4.77. The van der Waals surface area contributed by atoms with Crippen LogP contribution < -0.4 is 4.74 Å². The van der Waals surface area contributed by atoms with Crippen LogP contribution in [0, 0.1) is 0 Å². The molecule has 2 aromatic carbocycles. The monoisotopic (exact) mass is 298 g/mol. The Morgan fingerprint density at radius 3 is 2.10 bits per heavy atom. The molecule has 7 heteroatoms. The Bertz CT molecular complexity index is 663. The van der Waals surface area contributed by atoms with Crippen molar-refractivity contribution in [2.24, 2.45) is 0 Å². The van der Waals surface area contributed by atoms with Gasteiger partial charge in [0.05, 0.1) is 0 Å². The van der Waals surface area contributed by atoms with Crippen LogP contribution in [0.3, 0.4) is 0 Å². The van der Waals surface area contributed by atoms with Gasteiger partial charge in [0.25, 0.3) is 0 Å². The van der Waals surface area contributed by atoms with Crippen LogP contribution in [0.1, 0.15) is 10.4 Å². The van der Waals surface area contributed by atoms with Crippen molar-refractivity contribution < 1.29 is 32.9 Å². The van der Waals surface area contributed by atoms with Crippen molar-refractivity contribution in [2.45, 2.75) is 6.36 Å². The summed E-state index contributed by atoms with van der Waals surface area (Å²) in [7, 11) is 0. The number of aromatic hydroxyl groups is 1. The van der Waals surface area contributed by atoms with Crippen LogP contribution in [0.4, 0.5) is 13.2 Å². The van der Waals surface area contributed by atoms with Crippen molar-refractivity contribution in [3.63, 3.8) is 0 Å². The van der Waals surface area contributed by atoms with E-state index in [1.807, 2.05) is 0 Å². The number of hydrogen-bond acceptors (Lipinski definition) is 3. The molecule has 2 rings (SSSR count). The Labute approximate surface area is 117 Å². The van der Waals surface area contributed by atoms with Crippen LogP contribution >= 0.6 is 0 Å². The average molecular weight is 298 g/mol. The van der Waals surface area contributed by atoms with Gasteiger partial charge >= 0.3 is 12.3 Å². The summed E-state index contributed by atoms with van der Waals surface area (Å²) in [5, 5.41) is 18.3. The molecule has 4 nitrogen and oxygen atoms in total. The third-order valence-corrected chi connectivity index (χ3v) is 2.65. The molecule has 0 aliphatic heterocycles. The van der Waals surface area contributed by atoms with Gasteiger partial charge in [0.1, 0.15) is 17.1 Å². The predicted octanol–water partition coefficient (Wildman–Crippen LogP) is 3.66. The molecule has 2 N–H and O–H groups in total. The van der Waals surface area contributed by atoms with Gasteiger partial charge in [-0.1, -0.05) is 18.2 Å². The highest BCUT2D eigenvalue weighted by Crippen LogP contribution is 2.29. The summed E-state index contributed by atoms with van der Waals surface area (Å²) < 4.78 is 39.8. The number of phenols is 1. The summed E-state index contributed by atoms with van der Waals surface area (Å²) in [6, 6.07) is 8.86. The smallest absolute Gasteiger partial charge is 0.507 e. The highest BCUT2D eigenvalue weighted by Gasteiger charge is 2.30. The van der Waals surface area contributed by atoms with E-state index in [4.69, 9.17) is 5.11 Å². The molecule has 21 heavy (non-hydrogen) atoms. The minimum Gasteiger partial charge on any atom is -0.507 e. The quantitative estimate of drug-likeness (QED) is 0.907. The topological polar surface area (TPSA) is 66.8 Å². The summed E-state index contributed by atoms with van der Waals surface area (Å²) in [5.41, 5.74) is 0.652. The molecule has 0 radical (unpaired) electrons. The number of aromatic carboxylic acids is 1. The summed E-state index contributed by atoms with van der Waals surface area (Å²) in [5.74, 6) is -2.06. The summed E-state index contributed by atoms with van der Waals surface area (Å²) >= 11 is 0. The molecule has 0 saturated carbocycles. The molecule has 0 fully saturated rings. The molecular weight excluding hydrogens is 289 g/mol. The van der Waals surface area contributed by atoms with E-state index in [0.29, 0.717) is 11.1 Å². The van der Waals surface area contributed by atoms with Gasteiger partial charge in [-0.2, -0.15) is 0 Å². The van der Waals surface area contributed by atoms with Crippen molar-refractivity contribution in [3.05, 3.63) is 48.0 Å². The molecule has 0 unspecified atom stereocenters. The van der Waals surface area contributed by atoms with Gasteiger partial charge in [-0.3, -0.25) is 0 Å². The number of halogens is 3. The number of alkyl halides is 3. The zero-order chi connectivity index (χ0) is 15.6. The van der Waals surface area contributed by atoms with Crippen molar-refractivity contribution in [3.8, 4) is 22.6 Å². The molecular formula is C14H9F3O4. The van der Waals surface area contributed by atoms with Crippen LogP contribution in [-0.4, -0.2) is 22.5 Å². The zero-order valence-electron chi connectivity index (χ0n) is 10.4. The van der Waals surface area contributed by atoms with E-state index in [9.17, 15) is 23.1 Å². The number of benzene rings is 2. The van der Waals surface area contributed by atoms with Gasteiger partial charge in [-0.05, 0) is 35.4 Å². The van der Waals surface area contributed by atoms with Gasteiger partial charge in [-0.15, -0.1) is 13.2 Å². The van der Waals surface area contributed by atoms with E-state index >= 15 is 0 Å². The van der Waals surface area contributed by atoms with Crippen LogP contribution in [0.15, 0.2) is 42.5 Å². The molecule has 0 atom stereocenters. The molecule has 0 amide bonds. The van der Waals surface area contributed by atoms with E-state index in [0.717, 1.165) is 12.1 Å². The SMILES string of the molecule is O=C(O)c1cc(-c2ccc(OC(F)(F)F)cc2)ccc1O. The largest absolute Gasteiger partial charge is 0.573 e. The lowest BCUT2D eigenvalue weighted by Crippen LogP contribution is -2.16. The number of carboxylic acids is 1. The number of rotatable bonds is 3. The lowest BCUT2D eigenvalue weighted by molar-refractivity contribution is -0.274. The Morgan fingerprint density at radius 2 is 1.57 bits per heavy atom. The molecule has 0 heterocycles. The van der Waals surface area contributed by atoms with Crippen LogP contribution in [0.5, 0.6) is 11.5 Å². The Kier molecular flexibility index (Phi) is 3.75. The molecule has 110 valence electrons. The Balaban J connectivity index is 2.31. The van der Waals surface area contributed by atoms with E-state index in [1.54, 1.807) is 0 Å². The van der Waals surface area contributed by atoms with Gasteiger partial charge in [0.15, 0.2) is 0 Å². The second kappa shape index (κ2) is 5.35. The fourth-order valence-electron chi connectivity index (χ4n) is 1.74. The van der Waals surface area contributed by atoms with Gasteiger partial charge in [0, 0.05) is 0 Å². The van der Waals surface area contributed by atoms with Crippen LogP contribution in [0.25, 0.3) is 11.1 Å². The number of carbonyl (C=O) groups is 1. The maximum atomic E-state index is 12.0. The normalized spacial score (nSPS) is 11.2. The maximum absolute atomic E-state index is 12.0. The van der Waals surface area contributed by atoms with Crippen molar-refractivity contribution in [1.82, 2.24) is 0 Å². The fraction of sp³-hybridized carbons (Fsp3) is 0.0714. The molecule has 0 bridgehead atoms. The zero-order valence-corrected chi connectivity index (χ0v) is 10.4. The summed E-state index contributed by atoms with van der Waals surface area (Å²) in [4.78, 5) is 10.9. The van der Waals surface area contributed by atoms with E-state index in [-0.39, 0.29) is 17.1 Å². The first-order valence-corrected chi connectivity index (χ1v) is 5.69. The maximum Gasteiger partial charge on any atom is 0.573 e. The summed E-state index contributed by atoms with van der Waals surface area (Å²) in [6.45, 7) is 0. The number of ether oxygens (including phenoxy) is 1. The first-order valence-electron chi connectivity index (χ1n) is 5.69. The number of hydrogen-bond donors (Lipinski definition) is 2. The average Bonchev–Trinajstić information content (AvgIpc) is 2.38. The van der Waals surface area contributed by atoms with Crippen molar-refractivity contribution in [2.75, 3.05) is 0 Å². The second-order valence-corrected chi connectivity index (χ2v) is 4.11. The second-order valence-electron chi connectivity index (χ2n) is 4.11. The minimum atomic E-state index is -4.77. The van der Waals surface area contributed by atoms with Gasteiger partial charge in [0.2, 0.25) is 0 Å². The number of carboxylic acid groups (broad SMARTS) is 1. The van der Waals surface area contributed by atoms with E-state index in [1.165, 1.54) is 30.3 Å². The third kappa shape index (κ3) is 3.65. The molecule has 2 aromatic rings. The van der Waals surface area contributed by atoms with Crippen LogP contribution in [0.2, 0.25) is 0 Å². The van der Waals surface area contributed by atoms with E-state index in [2.05, 4.69) is 4.74 Å². The highest BCUT2D eigenvalue weighted by molar-refractivity contribution is 5.92. The molecule has 0 aliphatic rings. The molecule has 0 saturated heterocycles. The predicted molar refractivity (Wildman–Crippen MR) is 67.2 cm³/mol. The van der Waals surface area contributed by atoms with E-state index < -0.39 is 12.3 Å². The van der Waals surface area contributed by atoms with Crippen molar-refractivity contribution >= 4 is 5.97 Å². The molecule has 0 aliphatic carbocycles. The van der Waals surface area contributed by atoms with Gasteiger partial charge < -0.3 is 14.9 Å². The standard InChI is InChI=1S/C14H9F3O4/c15-14(16,17)21-10-4-1-8(2-5-10)9-3-6-12(18)11(7-9)13(19)20/h1-7,18H,(H,19,20). The van der Waals surface area contributed by atoms with Crippen LogP contribution in [-0.2, 0) is 0 Å². The molecule has 0 spiro atoms. The van der Waals surface area contributed by atoms with Crippen molar-refractivity contribution in [1.29, 1.82) is 0 Å². The molecule has 0 aromatic heterocycles. The Morgan fingerprint density at radius 1 is 1.00 bits per heavy atom. The fourth-order valence-corrected chi connectivity index (χ4v) is 1.74. The first kappa shape index (κ1) is 14.7. The van der Waals surface area contributed by atoms with Gasteiger partial charge in [-0.25, -0.2) is 4.79 Å². The first-order chi connectivity index (χ1) is 9.76. The minimum absolute atomic E-state index is 0.289. The highest BCUT2D eigenvalue weighted by atomic mass is 19.4. The third-order valence-electron chi connectivity index (χ3n) is 2.65. The Hall–Kier alpha value is -2.70.